The van der Waals surface area contributed by atoms with E-state index in [9.17, 15) is 4.79 Å². The topological polar surface area (TPSA) is 53.6 Å². The van der Waals surface area contributed by atoms with E-state index in [1.165, 1.54) is 5.56 Å². The Bertz CT molecular complexity index is 471. The van der Waals surface area contributed by atoms with E-state index in [0.717, 1.165) is 26.1 Å². The van der Waals surface area contributed by atoms with Gasteiger partial charge in [0.2, 0.25) is 0 Å². The van der Waals surface area contributed by atoms with Crippen LogP contribution in [0.3, 0.4) is 0 Å². The highest BCUT2D eigenvalue weighted by molar-refractivity contribution is 5.67. The molecule has 1 atom stereocenters. The molecule has 0 aliphatic heterocycles. The number of nitrogens with one attached hydrogen (secondary N) is 2. The molecule has 0 spiro atoms. The minimum absolute atomic E-state index is 0.219. The summed E-state index contributed by atoms with van der Waals surface area (Å²) in [5, 5.41) is 6.21. The van der Waals surface area contributed by atoms with Gasteiger partial charge in [-0.2, -0.15) is 0 Å². The summed E-state index contributed by atoms with van der Waals surface area (Å²) in [6.07, 6.45) is 0.707. The fourth-order valence-electron chi connectivity index (χ4n) is 2.29. The largest absolute Gasteiger partial charge is 0.444 e. The van der Waals surface area contributed by atoms with Gasteiger partial charge in [-0.05, 0) is 59.8 Å². The second kappa shape index (κ2) is 10.3. The Labute approximate surface area is 146 Å². The fourth-order valence-corrected chi connectivity index (χ4v) is 2.29. The van der Waals surface area contributed by atoms with Gasteiger partial charge in [0, 0.05) is 19.1 Å². The van der Waals surface area contributed by atoms with Crippen molar-refractivity contribution < 1.29 is 9.53 Å². The van der Waals surface area contributed by atoms with Crippen LogP contribution in [0.1, 0.15) is 39.7 Å². The van der Waals surface area contributed by atoms with E-state index in [0.29, 0.717) is 6.54 Å². The first-order valence-electron chi connectivity index (χ1n) is 8.69. The summed E-state index contributed by atoms with van der Waals surface area (Å²) in [6, 6.07) is 10.7. The number of alkyl carbamates (subject to hydrolysis) is 1. The summed E-state index contributed by atoms with van der Waals surface area (Å²) in [5.74, 6) is 0. The van der Waals surface area contributed by atoms with Gasteiger partial charge in [0.05, 0.1) is 0 Å². The highest BCUT2D eigenvalue weighted by atomic mass is 16.6. The number of hydrogen-bond acceptors (Lipinski definition) is 4. The van der Waals surface area contributed by atoms with Gasteiger partial charge in [0.25, 0.3) is 0 Å². The molecule has 0 radical (unpaired) electrons. The molecule has 5 heteroatoms. The third-order valence-corrected chi connectivity index (χ3v) is 3.46. The van der Waals surface area contributed by atoms with E-state index >= 15 is 0 Å². The van der Waals surface area contributed by atoms with E-state index in [2.05, 4.69) is 53.8 Å². The summed E-state index contributed by atoms with van der Waals surface area (Å²) in [6.45, 7) is 11.1. The van der Waals surface area contributed by atoms with Crippen LogP contribution in [0.5, 0.6) is 0 Å². The zero-order valence-electron chi connectivity index (χ0n) is 15.8. The molecule has 1 unspecified atom stereocenters. The van der Waals surface area contributed by atoms with Crippen molar-refractivity contribution in [1.82, 2.24) is 15.5 Å². The van der Waals surface area contributed by atoms with Crippen LogP contribution in [0.4, 0.5) is 4.79 Å². The average molecular weight is 335 g/mol. The van der Waals surface area contributed by atoms with E-state index in [1.807, 2.05) is 26.8 Å². The Hall–Kier alpha value is -1.59. The predicted molar refractivity (Wildman–Crippen MR) is 99.1 cm³/mol. The second-order valence-corrected chi connectivity index (χ2v) is 7.31. The van der Waals surface area contributed by atoms with Crippen molar-refractivity contribution in [2.24, 2.45) is 0 Å². The molecule has 0 saturated heterocycles. The molecule has 1 aromatic carbocycles. The first-order valence-corrected chi connectivity index (χ1v) is 8.69. The summed E-state index contributed by atoms with van der Waals surface area (Å²) in [7, 11) is 2.14. The highest BCUT2D eigenvalue weighted by Gasteiger charge is 2.16. The number of hydrogen-bond donors (Lipinski definition) is 2. The predicted octanol–water partition coefficient (Wildman–Crippen LogP) is 3.01. The van der Waals surface area contributed by atoms with Crippen molar-refractivity contribution in [1.29, 1.82) is 0 Å². The molecule has 1 aromatic rings. The number of amides is 1. The van der Waals surface area contributed by atoms with Crippen LogP contribution in [-0.4, -0.2) is 49.3 Å². The molecule has 1 rings (SSSR count). The van der Waals surface area contributed by atoms with Crippen molar-refractivity contribution in [2.45, 2.75) is 52.3 Å². The number of nitrogens with zero attached hydrogens (tertiary/aromatic N) is 1. The van der Waals surface area contributed by atoms with Crippen molar-refractivity contribution >= 4 is 6.09 Å². The van der Waals surface area contributed by atoms with E-state index in [-0.39, 0.29) is 12.1 Å². The first kappa shape index (κ1) is 20.5. The van der Waals surface area contributed by atoms with Gasteiger partial charge in [0.15, 0.2) is 0 Å². The molecule has 24 heavy (non-hydrogen) atoms. The fraction of sp³-hybridized carbons (Fsp3) is 0.632. The van der Waals surface area contributed by atoms with Gasteiger partial charge in [-0.3, -0.25) is 0 Å². The van der Waals surface area contributed by atoms with Crippen molar-refractivity contribution in [2.75, 3.05) is 26.7 Å². The lowest BCUT2D eigenvalue weighted by Gasteiger charge is -2.21. The van der Waals surface area contributed by atoms with Gasteiger partial charge in [-0.15, -0.1) is 0 Å². The maximum atomic E-state index is 11.6. The smallest absolute Gasteiger partial charge is 0.407 e. The molecule has 0 aliphatic rings. The van der Waals surface area contributed by atoms with Crippen LogP contribution in [0.15, 0.2) is 30.3 Å². The maximum absolute atomic E-state index is 11.6. The standard InChI is InChI=1S/C19H33N3O2/c1-16(14-21-18(23)24-19(2,3)4)20-12-9-13-22(5)15-17-10-7-6-8-11-17/h6-8,10-11,16,20H,9,12-15H2,1-5H3,(H,21,23). The normalized spacial score (nSPS) is 12.9. The van der Waals surface area contributed by atoms with Gasteiger partial charge < -0.3 is 20.3 Å². The SMILES string of the molecule is CC(CNC(=O)OC(C)(C)C)NCCCN(C)Cc1ccccc1. The number of ether oxygens (including phenoxy) is 1. The highest BCUT2D eigenvalue weighted by Crippen LogP contribution is 2.06. The van der Waals surface area contributed by atoms with Crippen LogP contribution in [0, 0.1) is 0 Å². The molecule has 1 amide bonds. The molecule has 0 saturated carbocycles. The van der Waals surface area contributed by atoms with E-state index < -0.39 is 5.60 Å². The van der Waals surface area contributed by atoms with Crippen molar-refractivity contribution in [3.63, 3.8) is 0 Å². The third-order valence-electron chi connectivity index (χ3n) is 3.46. The lowest BCUT2D eigenvalue weighted by atomic mass is 10.2. The zero-order valence-corrected chi connectivity index (χ0v) is 15.8. The van der Waals surface area contributed by atoms with Gasteiger partial charge >= 0.3 is 6.09 Å². The number of benzene rings is 1. The summed E-state index contributed by atoms with van der Waals surface area (Å²) >= 11 is 0. The molecule has 0 bridgehead atoms. The zero-order chi connectivity index (χ0) is 18.0. The summed E-state index contributed by atoms with van der Waals surface area (Å²) < 4.78 is 5.22. The van der Waals surface area contributed by atoms with Gasteiger partial charge in [0.1, 0.15) is 5.60 Å². The summed E-state index contributed by atoms with van der Waals surface area (Å²) in [5.41, 5.74) is 0.882. The molecule has 136 valence electrons. The second-order valence-electron chi connectivity index (χ2n) is 7.31. The maximum Gasteiger partial charge on any atom is 0.407 e. The molecule has 2 N–H and O–H groups in total. The minimum atomic E-state index is -0.454. The number of carbonyl (C=O) groups is 1. The molecule has 5 nitrogen and oxygen atoms in total. The Kier molecular flexibility index (Phi) is 8.79. The van der Waals surface area contributed by atoms with E-state index in [1.54, 1.807) is 0 Å². The van der Waals surface area contributed by atoms with Crippen LogP contribution in [0.2, 0.25) is 0 Å². The first-order chi connectivity index (χ1) is 11.3. The Morgan fingerprint density at radius 2 is 1.92 bits per heavy atom. The van der Waals surface area contributed by atoms with Crippen molar-refractivity contribution in [3.05, 3.63) is 35.9 Å². The summed E-state index contributed by atoms with van der Waals surface area (Å²) in [4.78, 5) is 13.9. The van der Waals surface area contributed by atoms with Crippen molar-refractivity contribution in [3.8, 4) is 0 Å². The molecule has 0 aliphatic carbocycles. The average Bonchev–Trinajstić information content (AvgIpc) is 2.49. The lowest BCUT2D eigenvalue weighted by Crippen LogP contribution is -2.41. The Morgan fingerprint density at radius 3 is 2.54 bits per heavy atom. The van der Waals surface area contributed by atoms with Gasteiger partial charge in [-0.1, -0.05) is 30.3 Å². The van der Waals surface area contributed by atoms with Gasteiger partial charge in [-0.25, -0.2) is 4.79 Å². The van der Waals surface area contributed by atoms with Crippen LogP contribution < -0.4 is 10.6 Å². The van der Waals surface area contributed by atoms with Crippen LogP contribution in [0.25, 0.3) is 0 Å². The Morgan fingerprint density at radius 1 is 1.25 bits per heavy atom. The molecule has 0 fully saturated rings. The monoisotopic (exact) mass is 335 g/mol. The molecular formula is C19H33N3O2. The minimum Gasteiger partial charge on any atom is -0.444 e. The van der Waals surface area contributed by atoms with Crippen LogP contribution in [-0.2, 0) is 11.3 Å². The van der Waals surface area contributed by atoms with Crippen LogP contribution >= 0.6 is 0 Å². The number of rotatable bonds is 9. The lowest BCUT2D eigenvalue weighted by molar-refractivity contribution is 0.0523. The quantitative estimate of drug-likeness (QED) is 0.681. The Balaban J connectivity index is 2.08. The third kappa shape index (κ3) is 10.2. The molecule has 0 aromatic heterocycles. The molecular weight excluding hydrogens is 302 g/mol. The van der Waals surface area contributed by atoms with E-state index in [4.69, 9.17) is 4.74 Å². The number of carbonyl (C=O) groups excluding carboxylic acids is 1. The molecule has 0 heterocycles.